The molecule has 1 N–H and O–H groups in total. The number of hydrogen-bond donors (Lipinski definition) is 1. The average Bonchev–Trinajstić information content (AvgIpc) is 2.53. The lowest BCUT2D eigenvalue weighted by Crippen LogP contribution is -2.23. The van der Waals surface area contributed by atoms with Gasteiger partial charge in [0.25, 0.3) is 0 Å². The molecule has 1 atom stereocenters. The molecule has 0 saturated carbocycles. The van der Waals surface area contributed by atoms with Crippen molar-refractivity contribution in [2.45, 2.75) is 59.3 Å². The van der Waals surface area contributed by atoms with Gasteiger partial charge >= 0.3 is 0 Å². The van der Waals surface area contributed by atoms with Crippen molar-refractivity contribution < 1.29 is 4.74 Å². The highest BCUT2D eigenvalue weighted by Gasteiger charge is 2.14. The van der Waals surface area contributed by atoms with E-state index in [1.807, 2.05) is 0 Å². The first-order chi connectivity index (χ1) is 10.2. The summed E-state index contributed by atoms with van der Waals surface area (Å²) in [4.78, 5) is 9.64. The van der Waals surface area contributed by atoms with E-state index in [1.165, 1.54) is 17.0 Å². The third-order valence-corrected chi connectivity index (χ3v) is 3.95. The summed E-state index contributed by atoms with van der Waals surface area (Å²) in [6, 6.07) is 0. The van der Waals surface area contributed by atoms with Gasteiger partial charge in [-0.3, -0.25) is 0 Å². The first-order valence-electron chi connectivity index (χ1n) is 8.25. The average molecular weight is 293 g/mol. The maximum Gasteiger partial charge on any atom is 0.131 e. The van der Waals surface area contributed by atoms with Crippen molar-refractivity contribution in [1.82, 2.24) is 15.3 Å². The Labute approximate surface area is 129 Å². The minimum Gasteiger partial charge on any atom is -0.383 e. The molecule has 120 valence electrons. The van der Waals surface area contributed by atoms with Gasteiger partial charge in [-0.25, -0.2) is 9.97 Å². The Morgan fingerprint density at radius 2 is 1.67 bits per heavy atom. The van der Waals surface area contributed by atoms with E-state index in [9.17, 15) is 0 Å². The molecule has 1 aromatic rings. The van der Waals surface area contributed by atoms with Crippen LogP contribution in [-0.2, 0) is 24.0 Å². The fourth-order valence-corrected chi connectivity index (χ4v) is 2.39. The van der Waals surface area contributed by atoms with Gasteiger partial charge in [0, 0.05) is 31.0 Å². The second-order valence-electron chi connectivity index (χ2n) is 5.46. The van der Waals surface area contributed by atoms with Gasteiger partial charge in [-0.15, -0.1) is 0 Å². The van der Waals surface area contributed by atoms with Gasteiger partial charge in [-0.2, -0.15) is 0 Å². The molecular weight excluding hydrogens is 262 g/mol. The number of ether oxygens (including phenoxy) is 1. The molecule has 0 radical (unpaired) electrons. The van der Waals surface area contributed by atoms with Crippen LogP contribution in [0.15, 0.2) is 0 Å². The summed E-state index contributed by atoms with van der Waals surface area (Å²) in [5.74, 6) is 1.46. The van der Waals surface area contributed by atoms with Crippen LogP contribution in [0.3, 0.4) is 0 Å². The van der Waals surface area contributed by atoms with Gasteiger partial charge in [-0.1, -0.05) is 27.7 Å². The van der Waals surface area contributed by atoms with Gasteiger partial charge in [0.2, 0.25) is 0 Å². The predicted molar refractivity (Wildman–Crippen MR) is 87.9 cm³/mol. The Morgan fingerprint density at radius 3 is 2.14 bits per heavy atom. The SMILES string of the molecule is CCc1nc(C(C)CC)nc(CC)c1CCNCCOC. The van der Waals surface area contributed by atoms with Gasteiger partial charge in [0.15, 0.2) is 0 Å². The standard InChI is InChI=1S/C17H31N3O/c1-6-13(4)17-19-15(7-2)14(16(8-3)20-17)9-10-18-11-12-21-5/h13,18H,6-12H2,1-5H3. The minimum atomic E-state index is 0.439. The molecule has 1 unspecified atom stereocenters. The van der Waals surface area contributed by atoms with Crippen LogP contribution in [-0.4, -0.2) is 36.8 Å². The summed E-state index contributed by atoms with van der Waals surface area (Å²) in [6.07, 6.45) is 4.04. The molecule has 0 bridgehead atoms. The normalized spacial score (nSPS) is 12.6. The molecule has 0 fully saturated rings. The lowest BCUT2D eigenvalue weighted by molar-refractivity contribution is 0.199. The lowest BCUT2D eigenvalue weighted by Gasteiger charge is -2.16. The minimum absolute atomic E-state index is 0.439. The van der Waals surface area contributed by atoms with E-state index < -0.39 is 0 Å². The fraction of sp³-hybridized carbons (Fsp3) is 0.765. The number of aromatic nitrogens is 2. The largest absolute Gasteiger partial charge is 0.383 e. The molecule has 0 aliphatic carbocycles. The molecule has 1 rings (SSSR count). The monoisotopic (exact) mass is 293 g/mol. The summed E-state index contributed by atoms with van der Waals surface area (Å²) >= 11 is 0. The number of hydrogen-bond acceptors (Lipinski definition) is 4. The van der Waals surface area contributed by atoms with Gasteiger partial charge in [0.1, 0.15) is 5.82 Å². The van der Waals surface area contributed by atoms with E-state index in [4.69, 9.17) is 14.7 Å². The van der Waals surface area contributed by atoms with Crippen molar-refractivity contribution in [2.24, 2.45) is 0 Å². The summed E-state index contributed by atoms with van der Waals surface area (Å²) in [6.45, 7) is 11.4. The van der Waals surface area contributed by atoms with Crippen molar-refractivity contribution in [1.29, 1.82) is 0 Å². The van der Waals surface area contributed by atoms with E-state index in [2.05, 4.69) is 33.0 Å². The van der Waals surface area contributed by atoms with Crippen LogP contribution < -0.4 is 5.32 Å². The molecule has 1 aromatic heterocycles. The summed E-state index contributed by atoms with van der Waals surface area (Å²) in [5.41, 5.74) is 3.80. The van der Waals surface area contributed by atoms with E-state index in [1.54, 1.807) is 7.11 Å². The van der Waals surface area contributed by atoms with Crippen LogP contribution in [0.25, 0.3) is 0 Å². The number of nitrogens with one attached hydrogen (secondary N) is 1. The Kier molecular flexibility index (Phi) is 8.47. The van der Waals surface area contributed by atoms with Gasteiger partial charge in [-0.05, 0) is 37.8 Å². The van der Waals surface area contributed by atoms with Gasteiger partial charge < -0.3 is 10.1 Å². The molecule has 0 saturated heterocycles. The van der Waals surface area contributed by atoms with Crippen molar-refractivity contribution in [3.8, 4) is 0 Å². The second kappa shape index (κ2) is 9.85. The Hall–Kier alpha value is -1.00. The third-order valence-electron chi connectivity index (χ3n) is 3.95. The van der Waals surface area contributed by atoms with Crippen molar-refractivity contribution >= 4 is 0 Å². The maximum absolute atomic E-state index is 5.05. The zero-order chi connectivity index (χ0) is 15.7. The quantitative estimate of drug-likeness (QED) is 0.674. The lowest BCUT2D eigenvalue weighted by atomic mass is 10.0. The molecule has 0 aliphatic rings. The van der Waals surface area contributed by atoms with Crippen LogP contribution in [0, 0.1) is 0 Å². The molecule has 4 nitrogen and oxygen atoms in total. The topological polar surface area (TPSA) is 47.0 Å². The summed E-state index contributed by atoms with van der Waals surface area (Å²) < 4.78 is 5.05. The van der Waals surface area contributed by atoms with Crippen LogP contribution in [0.4, 0.5) is 0 Å². The van der Waals surface area contributed by atoms with E-state index in [-0.39, 0.29) is 0 Å². The first kappa shape index (κ1) is 18.1. The van der Waals surface area contributed by atoms with Crippen molar-refractivity contribution in [3.63, 3.8) is 0 Å². The highest BCUT2D eigenvalue weighted by atomic mass is 16.5. The summed E-state index contributed by atoms with van der Waals surface area (Å²) in [7, 11) is 1.73. The molecule has 0 aliphatic heterocycles. The van der Waals surface area contributed by atoms with E-state index >= 15 is 0 Å². The molecule has 0 aromatic carbocycles. The zero-order valence-electron chi connectivity index (χ0n) is 14.3. The Bertz CT molecular complexity index is 395. The number of nitrogens with zero attached hydrogens (tertiary/aromatic N) is 2. The first-order valence-corrected chi connectivity index (χ1v) is 8.25. The molecular formula is C17H31N3O. The zero-order valence-corrected chi connectivity index (χ0v) is 14.3. The molecule has 0 amide bonds. The van der Waals surface area contributed by atoms with Crippen LogP contribution >= 0.6 is 0 Å². The highest BCUT2D eigenvalue weighted by molar-refractivity contribution is 5.27. The molecule has 21 heavy (non-hydrogen) atoms. The number of rotatable bonds is 10. The number of aryl methyl sites for hydroxylation is 2. The van der Waals surface area contributed by atoms with Gasteiger partial charge in [0.05, 0.1) is 6.61 Å². The maximum atomic E-state index is 5.05. The number of methoxy groups -OCH3 is 1. The van der Waals surface area contributed by atoms with Crippen LogP contribution in [0.5, 0.6) is 0 Å². The fourth-order valence-electron chi connectivity index (χ4n) is 2.39. The Balaban J connectivity index is 2.85. The molecule has 4 heteroatoms. The van der Waals surface area contributed by atoms with E-state index in [0.717, 1.165) is 51.2 Å². The van der Waals surface area contributed by atoms with Crippen molar-refractivity contribution in [3.05, 3.63) is 22.8 Å². The highest BCUT2D eigenvalue weighted by Crippen LogP contribution is 2.20. The summed E-state index contributed by atoms with van der Waals surface area (Å²) in [5, 5.41) is 3.41. The van der Waals surface area contributed by atoms with Crippen LogP contribution in [0.1, 0.15) is 62.8 Å². The van der Waals surface area contributed by atoms with Crippen molar-refractivity contribution in [2.75, 3.05) is 26.8 Å². The second-order valence-corrected chi connectivity index (χ2v) is 5.46. The Morgan fingerprint density at radius 1 is 1.05 bits per heavy atom. The molecule has 1 heterocycles. The van der Waals surface area contributed by atoms with Crippen LogP contribution in [0.2, 0.25) is 0 Å². The smallest absolute Gasteiger partial charge is 0.131 e. The third kappa shape index (κ3) is 5.36. The molecule has 0 spiro atoms. The predicted octanol–water partition coefficient (Wildman–Crippen LogP) is 2.89. The van der Waals surface area contributed by atoms with E-state index in [0.29, 0.717) is 5.92 Å².